The molecule has 2 fully saturated rings. The highest BCUT2D eigenvalue weighted by atomic mass is 32.2. The van der Waals surface area contributed by atoms with Gasteiger partial charge in [-0.25, -0.2) is 4.79 Å². The maximum absolute atomic E-state index is 12.9. The summed E-state index contributed by atoms with van der Waals surface area (Å²) in [6.45, 7) is 1.98. The number of nitrogens with zero attached hydrogens (tertiary/aromatic N) is 2. The smallest absolute Gasteiger partial charge is 0.321 e. The third-order valence-corrected chi connectivity index (χ3v) is 7.31. The van der Waals surface area contributed by atoms with Crippen molar-refractivity contribution in [3.05, 3.63) is 54.6 Å². The number of urea groups is 1. The summed E-state index contributed by atoms with van der Waals surface area (Å²) in [4.78, 5) is 29.1. The molecule has 0 saturated carbocycles. The molecule has 31 heavy (non-hydrogen) atoms. The van der Waals surface area contributed by atoms with Crippen LogP contribution in [-0.2, 0) is 4.79 Å². The van der Waals surface area contributed by atoms with Crippen LogP contribution in [0.5, 0.6) is 11.5 Å². The van der Waals surface area contributed by atoms with Crippen LogP contribution in [0, 0.1) is 0 Å². The molecule has 2 aromatic carbocycles. The first-order valence-corrected chi connectivity index (χ1v) is 11.4. The van der Waals surface area contributed by atoms with E-state index in [1.807, 2.05) is 76.2 Å². The monoisotopic (exact) mass is 441 g/mol. The number of carbonyl (C=O) groups is 2. The molecule has 0 atom stereocenters. The van der Waals surface area contributed by atoms with Crippen LogP contribution in [0.25, 0.3) is 0 Å². The zero-order valence-electron chi connectivity index (χ0n) is 17.6. The predicted molar refractivity (Wildman–Crippen MR) is 122 cm³/mol. The third-order valence-electron chi connectivity index (χ3n) is 5.76. The van der Waals surface area contributed by atoms with E-state index in [2.05, 4.69) is 5.32 Å². The summed E-state index contributed by atoms with van der Waals surface area (Å²) in [5.41, 5.74) is 0.733. The van der Waals surface area contributed by atoms with Crippen LogP contribution in [0.4, 0.5) is 10.5 Å². The quantitative estimate of drug-likeness (QED) is 0.767. The Morgan fingerprint density at radius 1 is 1.00 bits per heavy atom. The third kappa shape index (κ3) is 4.90. The number of amides is 3. The summed E-state index contributed by atoms with van der Waals surface area (Å²) in [5, 5.41) is 2.94. The average molecular weight is 442 g/mol. The second-order valence-corrected chi connectivity index (χ2v) is 9.04. The largest absolute Gasteiger partial charge is 0.497 e. The molecule has 0 aliphatic carbocycles. The van der Waals surface area contributed by atoms with E-state index in [0.717, 1.165) is 36.6 Å². The van der Waals surface area contributed by atoms with Crippen molar-refractivity contribution >= 4 is 29.4 Å². The minimum Gasteiger partial charge on any atom is -0.497 e. The van der Waals surface area contributed by atoms with Crippen LogP contribution in [0.3, 0.4) is 0 Å². The van der Waals surface area contributed by atoms with Gasteiger partial charge in [0, 0.05) is 31.1 Å². The number of thioether (sulfide) groups is 1. The zero-order chi connectivity index (χ0) is 21.7. The summed E-state index contributed by atoms with van der Waals surface area (Å²) in [5.74, 6) is 2.36. The number of ether oxygens (including phenoxy) is 2. The first kappa shape index (κ1) is 21.4. The zero-order valence-corrected chi connectivity index (χ0v) is 18.4. The summed E-state index contributed by atoms with van der Waals surface area (Å²) in [6, 6.07) is 16.5. The van der Waals surface area contributed by atoms with Gasteiger partial charge in [-0.1, -0.05) is 18.2 Å². The van der Waals surface area contributed by atoms with E-state index in [1.165, 1.54) is 0 Å². The number of hydrogen-bond donors (Lipinski definition) is 1. The van der Waals surface area contributed by atoms with Gasteiger partial charge in [-0.3, -0.25) is 4.79 Å². The second-order valence-electron chi connectivity index (χ2n) is 7.59. The van der Waals surface area contributed by atoms with E-state index in [4.69, 9.17) is 9.47 Å². The van der Waals surface area contributed by atoms with E-state index in [-0.39, 0.29) is 23.4 Å². The Morgan fingerprint density at radius 3 is 2.39 bits per heavy atom. The molecule has 0 radical (unpaired) electrons. The van der Waals surface area contributed by atoms with Gasteiger partial charge in [0.15, 0.2) is 6.61 Å². The lowest BCUT2D eigenvalue weighted by Crippen LogP contribution is -2.55. The number of para-hydroxylation sites is 1. The van der Waals surface area contributed by atoms with E-state index in [1.54, 1.807) is 7.11 Å². The lowest BCUT2D eigenvalue weighted by molar-refractivity contribution is -0.136. The minimum atomic E-state index is -0.242. The molecule has 1 spiro atoms. The Morgan fingerprint density at radius 2 is 1.71 bits per heavy atom. The fraction of sp³-hybridized carbons (Fsp3) is 0.391. The van der Waals surface area contributed by atoms with Gasteiger partial charge in [-0.05, 0) is 49.2 Å². The van der Waals surface area contributed by atoms with E-state index >= 15 is 0 Å². The molecule has 2 aliphatic rings. The summed E-state index contributed by atoms with van der Waals surface area (Å²) < 4.78 is 10.8. The van der Waals surface area contributed by atoms with Crippen molar-refractivity contribution in [2.24, 2.45) is 0 Å². The number of hydrogen-bond acceptors (Lipinski definition) is 5. The number of piperidine rings is 1. The van der Waals surface area contributed by atoms with Crippen molar-refractivity contribution in [1.29, 1.82) is 0 Å². The average Bonchev–Trinajstić information content (AvgIpc) is 3.22. The van der Waals surface area contributed by atoms with Crippen LogP contribution in [0.15, 0.2) is 54.6 Å². The SMILES string of the molecule is COc1ccc(NC(=O)N2CCC3(CC2)SCCN3C(=O)COc2ccccc2)cc1. The Hall–Kier alpha value is -2.87. The molecule has 0 bridgehead atoms. The van der Waals surface area contributed by atoms with Crippen molar-refractivity contribution in [3.8, 4) is 11.5 Å². The normalized spacial score (nSPS) is 17.5. The topological polar surface area (TPSA) is 71.1 Å². The Bertz CT molecular complexity index is 899. The molecule has 0 aromatic heterocycles. The highest BCUT2D eigenvalue weighted by Gasteiger charge is 2.46. The van der Waals surface area contributed by atoms with Crippen LogP contribution in [-0.4, -0.2) is 65.7 Å². The maximum atomic E-state index is 12.9. The summed E-state index contributed by atoms with van der Waals surface area (Å²) in [6.07, 6.45) is 1.51. The lowest BCUT2D eigenvalue weighted by Gasteiger charge is -2.43. The molecule has 1 N–H and O–H groups in total. The molecule has 4 rings (SSSR count). The van der Waals surface area contributed by atoms with Gasteiger partial charge in [0.25, 0.3) is 5.91 Å². The number of carbonyl (C=O) groups excluding carboxylic acids is 2. The molecule has 0 unspecified atom stereocenters. The number of likely N-dealkylation sites (tertiary alicyclic amines) is 1. The van der Waals surface area contributed by atoms with Gasteiger partial charge in [-0.15, -0.1) is 11.8 Å². The van der Waals surface area contributed by atoms with Gasteiger partial charge in [0.1, 0.15) is 11.5 Å². The molecular weight excluding hydrogens is 414 g/mol. The van der Waals surface area contributed by atoms with Crippen LogP contribution < -0.4 is 14.8 Å². The molecule has 3 amide bonds. The fourth-order valence-electron chi connectivity index (χ4n) is 4.05. The van der Waals surface area contributed by atoms with E-state index in [0.29, 0.717) is 18.8 Å². The highest BCUT2D eigenvalue weighted by molar-refractivity contribution is 8.00. The molecule has 2 aromatic rings. The molecule has 164 valence electrons. The van der Waals surface area contributed by atoms with E-state index in [9.17, 15) is 9.59 Å². The lowest BCUT2D eigenvalue weighted by atomic mass is 10.0. The van der Waals surface area contributed by atoms with Crippen molar-refractivity contribution in [2.75, 3.05) is 44.4 Å². The van der Waals surface area contributed by atoms with Crippen molar-refractivity contribution in [2.45, 2.75) is 17.7 Å². The number of benzene rings is 2. The van der Waals surface area contributed by atoms with Gasteiger partial charge in [0.2, 0.25) is 0 Å². The van der Waals surface area contributed by atoms with Crippen molar-refractivity contribution in [1.82, 2.24) is 9.80 Å². The van der Waals surface area contributed by atoms with Crippen LogP contribution in [0.1, 0.15) is 12.8 Å². The maximum Gasteiger partial charge on any atom is 0.321 e. The van der Waals surface area contributed by atoms with Crippen molar-refractivity contribution in [3.63, 3.8) is 0 Å². The first-order chi connectivity index (χ1) is 15.1. The number of rotatable bonds is 5. The Balaban J connectivity index is 1.31. The molecule has 7 nitrogen and oxygen atoms in total. The Kier molecular flexibility index (Phi) is 6.56. The van der Waals surface area contributed by atoms with Crippen molar-refractivity contribution < 1.29 is 19.1 Å². The first-order valence-electron chi connectivity index (χ1n) is 10.4. The Labute approximate surface area is 186 Å². The van der Waals surface area contributed by atoms with Gasteiger partial charge >= 0.3 is 6.03 Å². The van der Waals surface area contributed by atoms with Gasteiger partial charge in [0.05, 0.1) is 12.0 Å². The van der Waals surface area contributed by atoms with Crippen LogP contribution in [0.2, 0.25) is 0 Å². The molecule has 2 aliphatic heterocycles. The molecule has 8 heteroatoms. The number of nitrogens with one attached hydrogen (secondary N) is 1. The van der Waals surface area contributed by atoms with E-state index < -0.39 is 0 Å². The second kappa shape index (κ2) is 9.51. The number of methoxy groups -OCH3 is 1. The minimum absolute atomic E-state index is 0.00462. The predicted octanol–water partition coefficient (Wildman–Crippen LogP) is 3.67. The van der Waals surface area contributed by atoms with Crippen LogP contribution >= 0.6 is 11.8 Å². The molecule has 2 heterocycles. The highest BCUT2D eigenvalue weighted by Crippen LogP contribution is 2.44. The molecule has 2 saturated heterocycles. The fourth-order valence-corrected chi connectivity index (χ4v) is 5.52. The summed E-state index contributed by atoms with van der Waals surface area (Å²) in [7, 11) is 1.61. The molecular formula is C23H27N3O4S. The van der Waals surface area contributed by atoms with Gasteiger partial charge < -0.3 is 24.6 Å². The van der Waals surface area contributed by atoms with Gasteiger partial charge in [-0.2, -0.15) is 0 Å². The summed E-state index contributed by atoms with van der Waals surface area (Å²) >= 11 is 1.82. The standard InChI is InChI=1S/C23H27N3O4S/c1-29-19-9-7-18(8-10-19)24-22(28)25-13-11-23(12-14-25)26(15-16-31-23)21(27)17-30-20-5-3-2-4-6-20/h2-10H,11-17H2,1H3,(H,24,28). The number of anilines is 1.